The maximum atomic E-state index is 13.1. The van der Waals surface area contributed by atoms with E-state index in [2.05, 4.69) is 22.4 Å². The lowest BCUT2D eigenvalue weighted by molar-refractivity contribution is -0.113. The molecule has 2 atom stereocenters. The van der Waals surface area contributed by atoms with Gasteiger partial charge in [-0.15, -0.1) is 21.5 Å². The molecule has 11 heteroatoms. The summed E-state index contributed by atoms with van der Waals surface area (Å²) in [6, 6.07) is 5.76. The Kier molecular flexibility index (Phi) is 7.75. The number of anilines is 1. The fourth-order valence-corrected chi connectivity index (χ4v) is 6.16. The third-order valence-electron chi connectivity index (χ3n) is 5.85. The first-order valence-corrected chi connectivity index (χ1v) is 13.0. The number of benzene rings is 1. The highest BCUT2D eigenvalue weighted by Crippen LogP contribution is 2.40. The van der Waals surface area contributed by atoms with E-state index in [0.29, 0.717) is 33.2 Å². The molecular weight excluding hydrogens is 491 g/mol. The Morgan fingerprint density at radius 2 is 2.06 bits per heavy atom. The average Bonchev–Trinajstić information content (AvgIpc) is 3.37. The van der Waals surface area contributed by atoms with Crippen LogP contribution in [0.4, 0.5) is 9.39 Å². The van der Waals surface area contributed by atoms with Crippen LogP contribution in [0.25, 0.3) is 0 Å². The first-order chi connectivity index (χ1) is 16.8. The summed E-state index contributed by atoms with van der Waals surface area (Å²) < 4.78 is 25.7. The zero-order valence-electron chi connectivity index (χ0n) is 20.0. The van der Waals surface area contributed by atoms with E-state index in [9.17, 15) is 14.0 Å². The van der Waals surface area contributed by atoms with Crippen molar-refractivity contribution < 1.29 is 23.5 Å². The molecule has 8 nitrogen and oxygen atoms in total. The van der Waals surface area contributed by atoms with Gasteiger partial charge in [-0.05, 0) is 61.9 Å². The van der Waals surface area contributed by atoms with E-state index < -0.39 is 12.1 Å². The van der Waals surface area contributed by atoms with E-state index in [1.165, 1.54) is 42.3 Å². The van der Waals surface area contributed by atoms with E-state index in [-0.39, 0.29) is 17.5 Å². The third kappa shape index (κ3) is 5.67. The molecule has 0 saturated heterocycles. The summed E-state index contributed by atoms with van der Waals surface area (Å²) in [6.07, 6.45) is 2.29. The lowest BCUT2D eigenvalue weighted by atomic mass is 9.88. The van der Waals surface area contributed by atoms with E-state index in [0.717, 1.165) is 29.7 Å². The van der Waals surface area contributed by atoms with Crippen LogP contribution in [0.3, 0.4) is 0 Å². The second-order valence-electron chi connectivity index (χ2n) is 8.50. The number of methoxy groups -OCH3 is 1. The summed E-state index contributed by atoms with van der Waals surface area (Å²) in [7, 11) is 3.15. The van der Waals surface area contributed by atoms with Crippen molar-refractivity contribution >= 4 is 40.0 Å². The van der Waals surface area contributed by atoms with Gasteiger partial charge in [0.25, 0.3) is 0 Å². The number of fused-ring (bicyclic) bond motifs is 1. The predicted octanol–water partition coefficient (Wildman–Crippen LogP) is 4.80. The molecule has 0 bridgehead atoms. The molecule has 2 aromatic heterocycles. The second-order valence-corrected chi connectivity index (χ2v) is 10.5. The van der Waals surface area contributed by atoms with Gasteiger partial charge in [-0.2, -0.15) is 0 Å². The van der Waals surface area contributed by atoms with Crippen LogP contribution >= 0.6 is 23.1 Å². The number of carbonyl (C=O) groups excluding carboxylic acids is 2. The average molecular weight is 519 g/mol. The van der Waals surface area contributed by atoms with Gasteiger partial charge in [0, 0.05) is 11.9 Å². The molecule has 1 aliphatic rings. The van der Waals surface area contributed by atoms with Crippen molar-refractivity contribution in [2.45, 2.75) is 44.4 Å². The second kappa shape index (κ2) is 10.8. The van der Waals surface area contributed by atoms with E-state index >= 15 is 0 Å². The molecule has 0 spiro atoms. The van der Waals surface area contributed by atoms with Gasteiger partial charge in [0.2, 0.25) is 5.91 Å². The number of aromatic nitrogens is 3. The topological polar surface area (TPSA) is 95.3 Å². The number of nitrogens with zero attached hydrogens (tertiary/aromatic N) is 3. The summed E-state index contributed by atoms with van der Waals surface area (Å²) in [5.41, 5.74) is 1.47. The molecule has 0 radical (unpaired) electrons. The summed E-state index contributed by atoms with van der Waals surface area (Å²) in [6.45, 7) is 4.01. The smallest absolute Gasteiger partial charge is 0.341 e. The Labute approximate surface area is 211 Å². The number of hydrogen-bond donors (Lipinski definition) is 1. The number of hydrogen-bond acceptors (Lipinski definition) is 8. The Bertz CT molecular complexity index is 1230. The van der Waals surface area contributed by atoms with E-state index in [4.69, 9.17) is 9.47 Å². The van der Waals surface area contributed by atoms with Crippen molar-refractivity contribution in [2.75, 3.05) is 18.2 Å². The molecule has 0 fully saturated rings. The number of rotatable bonds is 8. The maximum Gasteiger partial charge on any atom is 0.341 e. The van der Waals surface area contributed by atoms with Gasteiger partial charge in [0.1, 0.15) is 16.6 Å². The van der Waals surface area contributed by atoms with Crippen molar-refractivity contribution in [3.8, 4) is 5.75 Å². The first-order valence-electron chi connectivity index (χ1n) is 11.2. The van der Waals surface area contributed by atoms with Crippen LogP contribution in [0.1, 0.15) is 53.0 Å². The minimum atomic E-state index is -0.427. The molecular formula is C24H27FN4O4S2. The number of thioether (sulfide) groups is 1. The number of thiophene rings is 1. The van der Waals surface area contributed by atoms with Crippen LogP contribution in [0.2, 0.25) is 0 Å². The number of nitrogens with one attached hydrogen (secondary N) is 1. The van der Waals surface area contributed by atoms with Crippen molar-refractivity contribution in [1.82, 2.24) is 14.8 Å². The zero-order chi connectivity index (χ0) is 25.1. The molecule has 2 heterocycles. The van der Waals surface area contributed by atoms with Gasteiger partial charge in [-0.1, -0.05) is 18.7 Å². The first kappa shape index (κ1) is 25.2. The zero-order valence-corrected chi connectivity index (χ0v) is 21.6. The molecule has 3 aromatic rings. The highest BCUT2D eigenvalue weighted by molar-refractivity contribution is 7.99. The van der Waals surface area contributed by atoms with Crippen LogP contribution in [0.5, 0.6) is 5.75 Å². The highest BCUT2D eigenvalue weighted by Gasteiger charge is 2.29. The molecule has 35 heavy (non-hydrogen) atoms. The van der Waals surface area contributed by atoms with Crippen molar-refractivity contribution in [1.29, 1.82) is 0 Å². The van der Waals surface area contributed by atoms with Crippen LogP contribution in [-0.4, -0.2) is 39.5 Å². The monoisotopic (exact) mass is 518 g/mol. The van der Waals surface area contributed by atoms with Crippen molar-refractivity contribution in [3.05, 3.63) is 51.9 Å². The quantitative estimate of drug-likeness (QED) is 0.338. The standard InChI is InChI=1S/C24H27FN4O4S2/c1-13-5-10-17-18(11-13)35-22(20(17)23(31)32-4)26-19(30)12-34-24-28-27-21(29(24)3)14(2)33-16-8-6-15(25)7-9-16/h6-9,13-14H,5,10-12H2,1-4H3,(H,26,30). The Hall–Kier alpha value is -2.92. The Morgan fingerprint density at radius 3 is 2.77 bits per heavy atom. The van der Waals surface area contributed by atoms with E-state index in [1.807, 2.05) is 6.92 Å². The van der Waals surface area contributed by atoms with Gasteiger partial charge in [0.15, 0.2) is 17.1 Å². The third-order valence-corrected chi connectivity index (χ3v) is 8.04. The molecule has 0 saturated carbocycles. The number of halogens is 1. The fourth-order valence-electron chi connectivity index (χ4n) is 4.03. The van der Waals surface area contributed by atoms with Crippen LogP contribution < -0.4 is 10.1 Å². The minimum Gasteiger partial charge on any atom is -0.483 e. The normalized spacial score (nSPS) is 15.9. The molecule has 1 amide bonds. The van der Waals surface area contributed by atoms with Gasteiger partial charge >= 0.3 is 5.97 Å². The maximum absolute atomic E-state index is 13.1. The molecule has 1 N–H and O–H groups in total. The van der Waals surface area contributed by atoms with Gasteiger partial charge < -0.3 is 19.4 Å². The number of ether oxygens (including phenoxy) is 2. The van der Waals surface area contributed by atoms with Gasteiger partial charge in [-0.3, -0.25) is 4.79 Å². The summed E-state index contributed by atoms with van der Waals surface area (Å²) in [4.78, 5) is 26.3. The molecule has 2 unspecified atom stereocenters. The van der Waals surface area contributed by atoms with Crippen LogP contribution in [-0.2, 0) is 29.4 Å². The molecule has 1 aromatic carbocycles. The lowest BCUT2D eigenvalue weighted by Gasteiger charge is -2.18. The number of carbonyl (C=O) groups is 2. The van der Waals surface area contributed by atoms with Crippen molar-refractivity contribution in [3.63, 3.8) is 0 Å². The van der Waals surface area contributed by atoms with E-state index in [1.54, 1.807) is 23.7 Å². The summed E-state index contributed by atoms with van der Waals surface area (Å²) in [5, 5.41) is 12.4. The number of amides is 1. The molecule has 4 rings (SSSR count). The minimum absolute atomic E-state index is 0.0960. The molecule has 0 aliphatic heterocycles. The van der Waals surface area contributed by atoms with Gasteiger partial charge in [-0.25, -0.2) is 9.18 Å². The fraction of sp³-hybridized carbons (Fsp3) is 0.417. The predicted molar refractivity (Wildman–Crippen MR) is 133 cm³/mol. The summed E-state index contributed by atoms with van der Waals surface area (Å²) >= 11 is 2.69. The Morgan fingerprint density at radius 1 is 1.31 bits per heavy atom. The summed E-state index contributed by atoms with van der Waals surface area (Å²) in [5.74, 6) is 0.732. The SMILES string of the molecule is COC(=O)c1c(NC(=O)CSc2nnc(C(C)Oc3ccc(F)cc3)n2C)sc2c1CCC(C)C2. The Balaban J connectivity index is 1.40. The highest BCUT2D eigenvalue weighted by atomic mass is 32.2. The van der Waals surface area contributed by atoms with Gasteiger partial charge in [0.05, 0.1) is 18.4 Å². The largest absolute Gasteiger partial charge is 0.483 e. The van der Waals surface area contributed by atoms with Crippen molar-refractivity contribution in [2.24, 2.45) is 13.0 Å². The molecule has 186 valence electrons. The number of esters is 1. The van der Waals surface area contributed by atoms with Crippen LogP contribution in [0, 0.1) is 11.7 Å². The molecule has 1 aliphatic carbocycles. The van der Waals surface area contributed by atoms with Crippen LogP contribution in [0.15, 0.2) is 29.4 Å². The lowest BCUT2D eigenvalue weighted by Crippen LogP contribution is -2.17.